The summed E-state index contributed by atoms with van der Waals surface area (Å²) in [6, 6.07) is 77.4. The molecule has 0 saturated carbocycles. The van der Waals surface area contributed by atoms with Crippen LogP contribution in [0, 0.1) is 0 Å². The van der Waals surface area contributed by atoms with E-state index >= 15 is 0 Å². The lowest BCUT2D eigenvalue weighted by Gasteiger charge is -2.35. The summed E-state index contributed by atoms with van der Waals surface area (Å²) in [7, 11) is 0. The van der Waals surface area contributed by atoms with E-state index in [0.29, 0.717) is 0 Å². The molecule has 3 heteroatoms. The summed E-state index contributed by atoms with van der Waals surface area (Å²) in [5.41, 5.74) is 14.8. The van der Waals surface area contributed by atoms with E-state index in [1.165, 1.54) is 75.5 Å². The third-order valence-electron chi connectivity index (χ3n) is 12.2. The van der Waals surface area contributed by atoms with Crippen molar-refractivity contribution < 1.29 is 4.42 Å². The fourth-order valence-corrected chi connectivity index (χ4v) is 11.1. The average Bonchev–Trinajstić information content (AvgIpc) is 3.96. The normalized spacial score (nSPS) is 13.0. The second-order valence-corrected chi connectivity index (χ2v) is 16.2. The number of thiophene rings is 1. The van der Waals surface area contributed by atoms with Crippen LogP contribution >= 0.6 is 11.3 Å². The molecule has 0 bridgehead atoms. The highest BCUT2D eigenvalue weighted by Crippen LogP contribution is 2.57. The number of hydrogen-bond acceptors (Lipinski definition) is 3. The van der Waals surface area contributed by atoms with Crippen LogP contribution in [-0.2, 0) is 5.41 Å². The monoisotopic (exact) mass is 757 g/mol. The van der Waals surface area contributed by atoms with Crippen LogP contribution in [0.4, 0.5) is 17.1 Å². The minimum absolute atomic E-state index is 0.478. The molecule has 0 spiro atoms. The van der Waals surface area contributed by atoms with Gasteiger partial charge in [0.2, 0.25) is 0 Å². The molecule has 11 aromatic rings. The first-order chi connectivity index (χ1) is 28.8. The Balaban J connectivity index is 1.02. The molecule has 272 valence electrons. The number of hydrogen-bond donors (Lipinski definition) is 0. The van der Waals surface area contributed by atoms with E-state index in [-0.39, 0.29) is 0 Å². The lowest BCUT2D eigenvalue weighted by atomic mass is 9.67. The molecular formula is C55H35NOS. The standard InChI is InChI=1S/C55H35NOS/c1-4-15-37(16-5-1)55(38-17-6-2-7-18-38)48-25-12-10-21-43(48)44-32-31-41(35-49(44)55)56(39-19-8-3-9-20-39)40-29-27-36(28-30-40)42-23-14-24-45-46-33-34-51-52(54(46)58-53(42)45)47-22-11-13-26-50(47)57-51/h1-35H. The minimum Gasteiger partial charge on any atom is -0.456 e. The number of rotatable bonds is 6. The van der Waals surface area contributed by atoms with Gasteiger partial charge in [0.05, 0.1) is 5.41 Å². The van der Waals surface area contributed by atoms with Gasteiger partial charge in [0, 0.05) is 48.0 Å². The molecule has 2 aromatic heterocycles. The minimum atomic E-state index is -0.478. The molecule has 0 atom stereocenters. The molecule has 9 aromatic carbocycles. The van der Waals surface area contributed by atoms with Crippen molar-refractivity contribution in [1.29, 1.82) is 0 Å². The number of benzene rings is 9. The lowest BCUT2D eigenvalue weighted by molar-refractivity contribution is 0.669. The molecule has 0 radical (unpaired) electrons. The van der Waals surface area contributed by atoms with Crippen molar-refractivity contribution in [3.63, 3.8) is 0 Å². The van der Waals surface area contributed by atoms with E-state index in [4.69, 9.17) is 4.42 Å². The molecule has 0 N–H and O–H groups in total. The Bertz CT molecular complexity index is 3290. The molecule has 1 aliphatic carbocycles. The topological polar surface area (TPSA) is 16.4 Å². The highest BCUT2D eigenvalue weighted by molar-refractivity contribution is 7.27. The maximum Gasteiger partial charge on any atom is 0.136 e. The van der Waals surface area contributed by atoms with Gasteiger partial charge in [-0.25, -0.2) is 0 Å². The van der Waals surface area contributed by atoms with Crippen LogP contribution in [0.15, 0.2) is 217 Å². The van der Waals surface area contributed by atoms with Crippen LogP contribution in [0.3, 0.4) is 0 Å². The van der Waals surface area contributed by atoms with Gasteiger partial charge >= 0.3 is 0 Å². The Morgan fingerprint density at radius 3 is 1.74 bits per heavy atom. The predicted octanol–water partition coefficient (Wildman–Crippen LogP) is 15.5. The second-order valence-electron chi connectivity index (χ2n) is 15.2. The zero-order valence-corrected chi connectivity index (χ0v) is 32.3. The summed E-state index contributed by atoms with van der Waals surface area (Å²) in [5, 5.41) is 4.92. The first kappa shape index (κ1) is 33.0. The predicted molar refractivity (Wildman–Crippen MR) is 244 cm³/mol. The number of nitrogens with zero attached hydrogens (tertiary/aromatic N) is 1. The molecule has 0 aliphatic heterocycles. The summed E-state index contributed by atoms with van der Waals surface area (Å²) >= 11 is 1.87. The van der Waals surface area contributed by atoms with Crippen molar-refractivity contribution in [3.05, 3.63) is 235 Å². The Labute approximate surface area is 340 Å². The molecule has 2 heterocycles. The second kappa shape index (κ2) is 12.9. The molecule has 58 heavy (non-hydrogen) atoms. The highest BCUT2D eigenvalue weighted by atomic mass is 32.1. The lowest BCUT2D eigenvalue weighted by Crippen LogP contribution is -2.28. The van der Waals surface area contributed by atoms with Crippen LogP contribution in [0.2, 0.25) is 0 Å². The van der Waals surface area contributed by atoms with Gasteiger partial charge in [0.15, 0.2) is 0 Å². The summed E-state index contributed by atoms with van der Waals surface area (Å²) in [4.78, 5) is 2.40. The fourth-order valence-electron chi connectivity index (χ4n) is 9.68. The van der Waals surface area contributed by atoms with Crippen molar-refractivity contribution >= 4 is 70.5 Å². The number of furan rings is 1. The van der Waals surface area contributed by atoms with E-state index in [1.807, 2.05) is 17.4 Å². The Kier molecular flexibility index (Phi) is 7.35. The Morgan fingerprint density at radius 2 is 0.966 bits per heavy atom. The van der Waals surface area contributed by atoms with Crippen LogP contribution < -0.4 is 4.90 Å². The molecule has 0 saturated heterocycles. The van der Waals surface area contributed by atoms with Crippen molar-refractivity contribution in [1.82, 2.24) is 0 Å². The molecule has 1 aliphatic rings. The number of anilines is 3. The highest BCUT2D eigenvalue weighted by Gasteiger charge is 2.46. The number of fused-ring (bicyclic) bond motifs is 10. The summed E-state index contributed by atoms with van der Waals surface area (Å²) < 4.78 is 8.85. The van der Waals surface area contributed by atoms with Crippen LogP contribution in [0.5, 0.6) is 0 Å². The molecule has 2 nitrogen and oxygen atoms in total. The van der Waals surface area contributed by atoms with Gasteiger partial charge in [-0.1, -0.05) is 158 Å². The summed E-state index contributed by atoms with van der Waals surface area (Å²) in [6.07, 6.45) is 0. The smallest absolute Gasteiger partial charge is 0.136 e. The van der Waals surface area contributed by atoms with Crippen LogP contribution in [0.25, 0.3) is 64.4 Å². The Hall–Kier alpha value is -7.20. The molecular weight excluding hydrogens is 723 g/mol. The van der Waals surface area contributed by atoms with Gasteiger partial charge in [-0.05, 0) is 99.1 Å². The average molecular weight is 758 g/mol. The van der Waals surface area contributed by atoms with Crippen molar-refractivity contribution in [2.24, 2.45) is 0 Å². The van der Waals surface area contributed by atoms with Crippen molar-refractivity contribution in [3.8, 4) is 22.3 Å². The quantitative estimate of drug-likeness (QED) is 0.168. The Morgan fingerprint density at radius 1 is 0.379 bits per heavy atom. The summed E-state index contributed by atoms with van der Waals surface area (Å²) in [6.45, 7) is 0. The van der Waals surface area contributed by atoms with Gasteiger partial charge in [0.1, 0.15) is 11.2 Å². The fraction of sp³-hybridized carbons (Fsp3) is 0.0182. The van der Waals surface area contributed by atoms with E-state index in [2.05, 4.69) is 211 Å². The van der Waals surface area contributed by atoms with E-state index in [0.717, 1.165) is 28.2 Å². The van der Waals surface area contributed by atoms with Gasteiger partial charge in [-0.15, -0.1) is 11.3 Å². The first-order valence-electron chi connectivity index (χ1n) is 19.8. The van der Waals surface area contributed by atoms with E-state index in [1.54, 1.807) is 0 Å². The molecule has 0 unspecified atom stereocenters. The van der Waals surface area contributed by atoms with Gasteiger partial charge in [0.25, 0.3) is 0 Å². The van der Waals surface area contributed by atoms with Crippen LogP contribution in [0.1, 0.15) is 22.3 Å². The van der Waals surface area contributed by atoms with Gasteiger partial charge in [-0.3, -0.25) is 0 Å². The first-order valence-corrected chi connectivity index (χ1v) is 20.7. The molecule has 0 fully saturated rings. The third kappa shape index (κ3) is 4.78. The SMILES string of the molecule is c1ccc(N(c2ccc(-c3cccc4c3sc3c4ccc4oc5ccccc5c43)cc2)c2ccc3c(c2)C(c2ccccc2)(c2ccccc2)c2ccccc2-3)cc1. The van der Waals surface area contributed by atoms with E-state index < -0.39 is 5.41 Å². The zero-order chi connectivity index (χ0) is 38.2. The van der Waals surface area contributed by atoms with Crippen LogP contribution in [-0.4, -0.2) is 0 Å². The molecule has 0 amide bonds. The van der Waals surface area contributed by atoms with E-state index in [9.17, 15) is 0 Å². The van der Waals surface area contributed by atoms with Crippen molar-refractivity contribution in [2.75, 3.05) is 4.90 Å². The maximum absolute atomic E-state index is 6.28. The van der Waals surface area contributed by atoms with Gasteiger partial charge in [-0.2, -0.15) is 0 Å². The molecule has 12 rings (SSSR count). The maximum atomic E-state index is 6.28. The van der Waals surface area contributed by atoms with Crippen molar-refractivity contribution in [2.45, 2.75) is 5.41 Å². The largest absolute Gasteiger partial charge is 0.456 e. The number of para-hydroxylation sites is 2. The van der Waals surface area contributed by atoms with Gasteiger partial charge < -0.3 is 9.32 Å². The summed E-state index contributed by atoms with van der Waals surface area (Å²) in [5.74, 6) is 0. The zero-order valence-electron chi connectivity index (χ0n) is 31.5. The third-order valence-corrected chi connectivity index (χ3v) is 13.4.